The van der Waals surface area contributed by atoms with Gasteiger partial charge in [0.1, 0.15) is 6.07 Å². The smallest absolute Gasteiger partial charge is 0.357 e. The van der Waals surface area contributed by atoms with E-state index < -0.39 is 5.97 Å². The summed E-state index contributed by atoms with van der Waals surface area (Å²) in [5.74, 6) is -0.870. The van der Waals surface area contributed by atoms with Crippen molar-refractivity contribution in [2.45, 2.75) is 6.42 Å². The van der Waals surface area contributed by atoms with Crippen LogP contribution in [0.25, 0.3) is 5.69 Å². The highest BCUT2D eigenvalue weighted by atomic mass is 16.5. The number of nitrogens with two attached hydrogens (primary N) is 1. The number of aromatic nitrogens is 1. The van der Waals surface area contributed by atoms with Crippen LogP contribution in [0.4, 0.5) is 11.4 Å². The molecule has 0 aliphatic carbocycles. The Bertz CT molecular complexity index is 1170. The minimum absolute atomic E-state index is 0.0196. The summed E-state index contributed by atoms with van der Waals surface area (Å²) in [5.41, 5.74) is 9.03. The summed E-state index contributed by atoms with van der Waals surface area (Å²) in [4.78, 5) is 27.5. The molecule has 2 heterocycles. The normalized spacial score (nSPS) is 12.3. The lowest BCUT2D eigenvalue weighted by Crippen LogP contribution is -2.30. The van der Waals surface area contributed by atoms with Gasteiger partial charge in [0.05, 0.1) is 29.6 Å². The summed E-state index contributed by atoms with van der Waals surface area (Å²) >= 11 is 0. The fourth-order valence-corrected chi connectivity index (χ4v) is 3.66. The first-order valence-electron chi connectivity index (χ1n) is 9.05. The van der Waals surface area contributed by atoms with Crippen LogP contribution in [0.2, 0.25) is 0 Å². The summed E-state index contributed by atoms with van der Waals surface area (Å²) < 4.78 is 6.29. The molecule has 0 bridgehead atoms. The van der Waals surface area contributed by atoms with Gasteiger partial charge in [-0.15, -0.1) is 0 Å². The Kier molecular flexibility index (Phi) is 4.53. The zero-order valence-electron chi connectivity index (χ0n) is 15.8. The number of fused-ring (bicyclic) bond motifs is 1. The molecular formula is C22H18N4O3. The maximum Gasteiger partial charge on any atom is 0.357 e. The minimum atomic E-state index is -0.683. The lowest BCUT2D eigenvalue weighted by atomic mass is 10.1. The van der Waals surface area contributed by atoms with Crippen molar-refractivity contribution in [1.29, 1.82) is 5.26 Å². The third kappa shape index (κ3) is 2.91. The Balaban J connectivity index is 1.85. The number of rotatable bonds is 3. The number of anilines is 2. The van der Waals surface area contributed by atoms with E-state index in [2.05, 4.69) is 0 Å². The highest BCUT2D eigenvalue weighted by molar-refractivity contribution is 6.10. The number of amides is 1. The van der Waals surface area contributed by atoms with Gasteiger partial charge in [-0.2, -0.15) is 5.26 Å². The molecule has 0 saturated carbocycles. The van der Waals surface area contributed by atoms with Crippen LogP contribution >= 0.6 is 0 Å². The summed E-state index contributed by atoms with van der Waals surface area (Å²) in [6.45, 7) is 0.577. The monoisotopic (exact) mass is 386 g/mol. The van der Waals surface area contributed by atoms with Gasteiger partial charge in [-0.05, 0) is 30.2 Å². The van der Waals surface area contributed by atoms with Crippen molar-refractivity contribution in [2.75, 3.05) is 24.3 Å². The van der Waals surface area contributed by atoms with Crippen LogP contribution in [0.1, 0.15) is 32.0 Å². The average molecular weight is 386 g/mol. The van der Waals surface area contributed by atoms with Gasteiger partial charge in [0.25, 0.3) is 5.91 Å². The van der Waals surface area contributed by atoms with E-state index in [1.165, 1.54) is 17.9 Å². The van der Waals surface area contributed by atoms with Crippen molar-refractivity contribution in [1.82, 2.24) is 4.57 Å². The number of hydrogen-bond donors (Lipinski definition) is 1. The van der Waals surface area contributed by atoms with Crippen molar-refractivity contribution in [3.63, 3.8) is 0 Å². The molecule has 2 aromatic carbocycles. The molecule has 7 heteroatoms. The zero-order valence-corrected chi connectivity index (χ0v) is 15.8. The maximum atomic E-state index is 13.4. The van der Waals surface area contributed by atoms with Crippen molar-refractivity contribution in [2.24, 2.45) is 0 Å². The molecule has 1 aliphatic heterocycles. The second-order valence-electron chi connectivity index (χ2n) is 6.63. The molecule has 29 heavy (non-hydrogen) atoms. The molecule has 2 N–H and O–H groups in total. The fraction of sp³-hybridized carbons (Fsp3) is 0.136. The van der Waals surface area contributed by atoms with Crippen molar-refractivity contribution >= 4 is 23.3 Å². The molecule has 0 fully saturated rings. The molecule has 3 aromatic rings. The number of para-hydroxylation sites is 2. The minimum Gasteiger partial charge on any atom is -0.464 e. The Morgan fingerprint density at radius 1 is 1.10 bits per heavy atom. The largest absolute Gasteiger partial charge is 0.464 e. The third-order valence-corrected chi connectivity index (χ3v) is 5.07. The Labute approximate surface area is 167 Å². The number of nitrogen functional groups attached to an aromatic ring is 1. The summed E-state index contributed by atoms with van der Waals surface area (Å²) in [6.07, 6.45) is 2.23. The number of nitrogens with zero attached hydrogens (tertiary/aromatic N) is 3. The predicted octanol–water partition coefficient (Wildman–Crippen LogP) is 2.92. The van der Waals surface area contributed by atoms with E-state index in [-0.39, 0.29) is 22.9 Å². The third-order valence-electron chi connectivity index (χ3n) is 5.07. The van der Waals surface area contributed by atoms with Crippen LogP contribution < -0.4 is 10.6 Å². The Hall–Kier alpha value is -4.05. The molecule has 0 saturated heterocycles. The maximum absolute atomic E-state index is 13.4. The molecule has 0 spiro atoms. The predicted molar refractivity (Wildman–Crippen MR) is 108 cm³/mol. The van der Waals surface area contributed by atoms with Gasteiger partial charge in [-0.1, -0.05) is 30.3 Å². The second kappa shape index (κ2) is 7.17. The van der Waals surface area contributed by atoms with Crippen molar-refractivity contribution < 1.29 is 14.3 Å². The van der Waals surface area contributed by atoms with Crippen LogP contribution in [0.3, 0.4) is 0 Å². The van der Waals surface area contributed by atoms with Gasteiger partial charge in [0.2, 0.25) is 0 Å². The van der Waals surface area contributed by atoms with Gasteiger partial charge >= 0.3 is 5.97 Å². The lowest BCUT2D eigenvalue weighted by molar-refractivity contribution is 0.0592. The van der Waals surface area contributed by atoms with Gasteiger partial charge in [-0.25, -0.2) is 4.79 Å². The molecule has 144 valence electrons. The lowest BCUT2D eigenvalue weighted by Gasteiger charge is -2.20. The molecule has 0 radical (unpaired) electrons. The van der Waals surface area contributed by atoms with Crippen LogP contribution in [0.15, 0.2) is 54.7 Å². The first kappa shape index (κ1) is 18.3. The molecule has 0 unspecified atom stereocenters. The van der Waals surface area contributed by atoms with Crippen LogP contribution in [-0.4, -0.2) is 30.1 Å². The Morgan fingerprint density at radius 3 is 2.52 bits per heavy atom. The first-order chi connectivity index (χ1) is 14.1. The van der Waals surface area contributed by atoms with E-state index in [0.29, 0.717) is 17.8 Å². The van der Waals surface area contributed by atoms with Gasteiger partial charge in [0.15, 0.2) is 5.69 Å². The number of nitriles is 1. The highest BCUT2D eigenvalue weighted by Crippen LogP contribution is 2.31. The van der Waals surface area contributed by atoms with Gasteiger partial charge < -0.3 is 19.9 Å². The summed E-state index contributed by atoms with van der Waals surface area (Å²) in [7, 11) is 1.24. The fourth-order valence-electron chi connectivity index (χ4n) is 3.66. The SMILES string of the molecule is COC(=O)c1c(N)c(C#N)cn1-c1ccccc1C(=O)N1CCc2ccccc21. The number of carbonyl (C=O) groups is 2. The number of benzene rings is 2. The van der Waals surface area contributed by atoms with Crippen molar-refractivity contribution in [3.8, 4) is 11.8 Å². The highest BCUT2D eigenvalue weighted by Gasteiger charge is 2.29. The number of carbonyl (C=O) groups excluding carboxylic acids is 2. The van der Waals surface area contributed by atoms with E-state index in [9.17, 15) is 14.9 Å². The van der Waals surface area contributed by atoms with Crippen LogP contribution in [0.5, 0.6) is 0 Å². The molecule has 0 atom stereocenters. The zero-order chi connectivity index (χ0) is 20.5. The number of methoxy groups -OCH3 is 1. The van der Waals surface area contributed by atoms with E-state index in [1.807, 2.05) is 30.3 Å². The van der Waals surface area contributed by atoms with E-state index in [1.54, 1.807) is 29.2 Å². The average Bonchev–Trinajstić information content (AvgIpc) is 3.33. The quantitative estimate of drug-likeness (QED) is 0.698. The van der Waals surface area contributed by atoms with Crippen molar-refractivity contribution in [3.05, 3.63) is 77.1 Å². The molecule has 1 aromatic heterocycles. The van der Waals surface area contributed by atoms with E-state index >= 15 is 0 Å². The molecule has 1 aliphatic rings. The summed E-state index contributed by atoms with van der Waals surface area (Å²) in [5, 5.41) is 9.35. The van der Waals surface area contributed by atoms with Crippen LogP contribution in [0, 0.1) is 11.3 Å². The van der Waals surface area contributed by atoms with E-state index in [0.717, 1.165) is 17.7 Å². The Morgan fingerprint density at radius 2 is 1.79 bits per heavy atom. The number of ether oxygens (including phenoxy) is 1. The summed E-state index contributed by atoms with van der Waals surface area (Å²) in [6, 6.07) is 16.7. The van der Waals surface area contributed by atoms with Gasteiger partial charge in [0, 0.05) is 18.4 Å². The molecular weight excluding hydrogens is 368 g/mol. The molecule has 7 nitrogen and oxygen atoms in total. The van der Waals surface area contributed by atoms with Gasteiger partial charge in [-0.3, -0.25) is 4.79 Å². The number of esters is 1. The standard InChI is InChI=1S/C22H18N4O3/c1-29-22(28)20-19(24)15(12-23)13-26(20)18-9-5-3-7-16(18)21(27)25-11-10-14-6-2-4-8-17(14)25/h2-9,13H,10-11,24H2,1H3. The molecule has 1 amide bonds. The van der Waals surface area contributed by atoms with E-state index in [4.69, 9.17) is 10.5 Å². The first-order valence-corrected chi connectivity index (χ1v) is 9.05. The molecule has 4 rings (SSSR count). The second-order valence-corrected chi connectivity index (χ2v) is 6.63. The topological polar surface area (TPSA) is 101 Å². The van der Waals surface area contributed by atoms with Crippen LogP contribution in [-0.2, 0) is 11.2 Å². The number of hydrogen-bond acceptors (Lipinski definition) is 5.